The van der Waals surface area contributed by atoms with Crippen LogP contribution in [0, 0.1) is 6.92 Å². The fraction of sp³-hybridized carbons (Fsp3) is 0.0870. The molecule has 6 nitrogen and oxygen atoms in total. The third-order valence-electron chi connectivity index (χ3n) is 4.05. The van der Waals surface area contributed by atoms with E-state index in [1.807, 2.05) is 19.1 Å². The summed E-state index contributed by atoms with van der Waals surface area (Å²) in [6.45, 7) is 1.68. The van der Waals surface area contributed by atoms with Crippen molar-refractivity contribution in [3.63, 3.8) is 0 Å². The van der Waals surface area contributed by atoms with Crippen LogP contribution in [0.2, 0.25) is 5.02 Å². The lowest BCUT2D eigenvalue weighted by Gasteiger charge is -2.09. The van der Waals surface area contributed by atoms with Crippen LogP contribution < -0.4 is 14.9 Å². The number of nitrogens with zero attached hydrogens (tertiary/aromatic N) is 1. The second-order valence-corrected chi connectivity index (χ2v) is 7.77. The fourth-order valence-electron chi connectivity index (χ4n) is 2.47. The van der Waals surface area contributed by atoms with Crippen molar-refractivity contribution in [1.29, 1.82) is 0 Å². The van der Waals surface area contributed by atoms with Gasteiger partial charge in [-0.2, -0.15) is 5.10 Å². The van der Waals surface area contributed by atoms with Gasteiger partial charge < -0.3 is 9.47 Å². The monoisotopic (exact) mass is 500 g/mol. The Morgan fingerprint density at radius 2 is 1.81 bits per heavy atom. The number of hydrogen-bond donors (Lipinski definition) is 1. The Bertz CT molecular complexity index is 1120. The van der Waals surface area contributed by atoms with Gasteiger partial charge in [0.15, 0.2) is 6.61 Å². The quantitative estimate of drug-likeness (QED) is 0.210. The van der Waals surface area contributed by atoms with E-state index >= 15 is 0 Å². The highest BCUT2D eigenvalue weighted by Crippen LogP contribution is 2.24. The van der Waals surface area contributed by atoms with Gasteiger partial charge >= 0.3 is 5.97 Å². The molecule has 0 unspecified atom stereocenters. The summed E-state index contributed by atoms with van der Waals surface area (Å²) in [6, 6.07) is 19.0. The summed E-state index contributed by atoms with van der Waals surface area (Å²) in [5, 5.41) is 4.33. The number of benzene rings is 3. The van der Waals surface area contributed by atoms with Gasteiger partial charge in [-0.15, -0.1) is 0 Å². The second kappa shape index (κ2) is 10.7. The Balaban J connectivity index is 1.62. The summed E-state index contributed by atoms with van der Waals surface area (Å²) >= 11 is 9.36. The van der Waals surface area contributed by atoms with E-state index in [1.54, 1.807) is 54.6 Å². The predicted octanol–water partition coefficient (Wildman–Crippen LogP) is 5.16. The van der Waals surface area contributed by atoms with Gasteiger partial charge in [-0.1, -0.05) is 57.4 Å². The van der Waals surface area contributed by atoms with Gasteiger partial charge in [0.1, 0.15) is 11.5 Å². The van der Waals surface area contributed by atoms with Crippen molar-refractivity contribution >= 4 is 45.6 Å². The van der Waals surface area contributed by atoms with Crippen LogP contribution in [0.15, 0.2) is 76.3 Å². The van der Waals surface area contributed by atoms with Crippen molar-refractivity contribution in [1.82, 2.24) is 5.43 Å². The zero-order chi connectivity index (χ0) is 22.2. The summed E-state index contributed by atoms with van der Waals surface area (Å²) in [6.07, 6.45) is 1.38. The first kappa shape index (κ1) is 22.5. The molecule has 0 aliphatic carbocycles. The molecule has 0 radical (unpaired) electrons. The number of aryl methyl sites for hydroxylation is 1. The van der Waals surface area contributed by atoms with E-state index in [4.69, 9.17) is 21.1 Å². The topological polar surface area (TPSA) is 77.0 Å². The molecule has 158 valence electrons. The fourth-order valence-corrected chi connectivity index (χ4v) is 3.04. The molecule has 0 saturated carbocycles. The standard InChI is InChI=1S/C23H18BrClN2O4/c1-15-6-8-16(9-7-15)23(29)31-20-11-10-18(24)12-17(20)13-26-27-22(28)14-30-21-5-3-2-4-19(21)25/h2-13H,14H2,1H3,(H,27,28)/b26-13+. The smallest absolute Gasteiger partial charge is 0.343 e. The van der Waals surface area contributed by atoms with Gasteiger partial charge in [-0.3, -0.25) is 4.79 Å². The van der Waals surface area contributed by atoms with Gasteiger partial charge in [-0.05, 0) is 49.4 Å². The molecule has 1 N–H and O–H groups in total. The molecule has 0 spiro atoms. The van der Waals surface area contributed by atoms with Crippen molar-refractivity contribution in [2.75, 3.05) is 6.61 Å². The minimum atomic E-state index is -0.492. The van der Waals surface area contributed by atoms with Crippen LogP contribution in [0.5, 0.6) is 11.5 Å². The number of carbonyl (C=O) groups is 2. The Kier molecular flexibility index (Phi) is 7.81. The Morgan fingerprint density at radius 3 is 2.55 bits per heavy atom. The molecule has 31 heavy (non-hydrogen) atoms. The lowest BCUT2D eigenvalue weighted by atomic mass is 10.1. The van der Waals surface area contributed by atoms with E-state index in [1.165, 1.54) is 6.21 Å². The van der Waals surface area contributed by atoms with Crippen molar-refractivity contribution in [2.24, 2.45) is 5.10 Å². The molecule has 0 saturated heterocycles. The van der Waals surface area contributed by atoms with E-state index in [9.17, 15) is 9.59 Å². The highest BCUT2D eigenvalue weighted by Gasteiger charge is 2.12. The normalized spacial score (nSPS) is 10.7. The maximum atomic E-state index is 12.4. The molecule has 3 rings (SSSR count). The largest absolute Gasteiger partial charge is 0.482 e. The molecular weight excluding hydrogens is 484 g/mol. The first-order valence-corrected chi connectivity index (χ1v) is 10.4. The SMILES string of the molecule is Cc1ccc(C(=O)Oc2ccc(Br)cc2/C=N/NC(=O)COc2ccccc2Cl)cc1. The highest BCUT2D eigenvalue weighted by molar-refractivity contribution is 9.10. The van der Waals surface area contributed by atoms with E-state index < -0.39 is 11.9 Å². The van der Waals surface area contributed by atoms with Crippen LogP contribution in [0.25, 0.3) is 0 Å². The number of nitrogens with one attached hydrogen (secondary N) is 1. The average Bonchev–Trinajstić information content (AvgIpc) is 2.75. The van der Waals surface area contributed by atoms with Crippen molar-refractivity contribution in [3.8, 4) is 11.5 Å². The van der Waals surface area contributed by atoms with Gasteiger partial charge in [0.2, 0.25) is 0 Å². The third-order valence-corrected chi connectivity index (χ3v) is 4.86. The lowest BCUT2D eigenvalue weighted by molar-refractivity contribution is -0.123. The van der Waals surface area contributed by atoms with Crippen molar-refractivity contribution in [3.05, 3.63) is 92.9 Å². The number of amides is 1. The van der Waals surface area contributed by atoms with Gasteiger partial charge in [0.05, 0.1) is 16.8 Å². The lowest BCUT2D eigenvalue weighted by Crippen LogP contribution is -2.24. The number of rotatable bonds is 7. The first-order valence-electron chi connectivity index (χ1n) is 9.20. The van der Waals surface area contributed by atoms with E-state index in [0.717, 1.165) is 10.0 Å². The van der Waals surface area contributed by atoms with Crippen molar-refractivity contribution in [2.45, 2.75) is 6.92 Å². The van der Waals surface area contributed by atoms with Crippen LogP contribution in [-0.4, -0.2) is 24.7 Å². The zero-order valence-corrected chi connectivity index (χ0v) is 18.8. The number of esters is 1. The molecule has 0 atom stereocenters. The van der Waals surface area contributed by atoms with Gasteiger partial charge in [0, 0.05) is 10.0 Å². The molecule has 8 heteroatoms. The van der Waals surface area contributed by atoms with Gasteiger partial charge in [-0.25, -0.2) is 10.2 Å². The van der Waals surface area contributed by atoms with Crippen LogP contribution >= 0.6 is 27.5 Å². The molecule has 0 aliphatic rings. The molecule has 1 amide bonds. The summed E-state index contributed by atoms with van der Waals surface area (Å²) in [5.41, 5.74) is 4.34. The molecule has 3 aromatic rings. The number of carbonyl (C=O) groups excluding carboxylic acids is 2. The van der Waals surface area contributed by atoms with E-state index in [0.29, 0.717) is 27.6 Å². The van der Waals surface area contributed by atoms with Crippen molar-refractivity contribution < 1.29 is 19.1 Å². The Labute approximate surface area is 193 Å². The highest BCUT2D eigenvalue weighted by atomic mass is 79.9. The molecule has 3 aromatic carbocycles. The molecule has 0 bridgehead atoms. The number of para-hydroxylation sites is 1. The van der Waals surface area contributed by atoms with E-state index in [2.05, 4.69) is 26.5 Å². The molecule has 0 fully saturated rings. The van der Waals surface area contributed by atoms with Gasteiger partial charge in [0.25, 0.3) is 5.91 Å². The first-order chi connectivity index (χ1) is 14.9. The number of ether oxygens (including phenoxy) is 2. The van der Waals surface area contributed by atoms with Crippen LogP contribution in [0.1, 0.15) is 21.5 Å². The van der Waals surface area contributed by atoms with Crippen LogP contribution in [0.3, 0.4) is 0 Å². The molecule has 0 aromatic heterocycles. The summed E-state index contributed by atoms with van der Waals surface area (Å²) in [5.74, 6) is -0.252. The summed E-state index contributed by atoms with van der Waals surface area (Å²) < 4.78 is 11.6. The maximum absolute atomic E-state index is 12.4. The number of hydrogen-bond acceptors (Lipinski definition) is 5. The van der Waals surface area contributed by atoms with Crippen LogP contribution in [-0.2, 0) is 4.79 Å². The zero-order valence-electron chi connectivity index (χ0n) is 16.5. The van der Waals surface area contributed by atoms with Crippen LogP contribution in [0.4, 0.5) is 0 Å². The average molecular weight is 502 g/mol. The maximum Gasteiger partial charge on any atom is 0.343 e. The Hall–Kier alpha value is -3.16. The summed E-state index contributed by atoms with van der Waals surface area (Å²) in [7, 11) is 0. The Morgan fingerprint density at radius 1 is 1.06 bits per heavy atom. The minimum Gasteiger partial charge on any atom is -0.482 e. The number of halogens is 2. The molecule has 0 aliphatic heterocycles. The molecular formula is C23H18BrClN2O4. The summed E-state index contributed by atoms with van der Waals surface area (Å²) in [4.78, 5) is 24.4. The minimum absolute atomic E-state index is 0.255. The predicted molar refractivity (Wildman–Crippen MR) is 123 cm³/mol. The third kappa shape index (κ3) is 6.67. The van der Waals surface area contributed by atoms with E-state index in [-0.39, 0.29) is 6.61 Å². The second-order valence-electron chi connectivity index (χ2n) is 6.45. The number of hydrazone groups is 1. The molecule has 0 heterocycles.